The normalized spacial score (nSPS) is 31.4. The zero-order chi connectivity index (χ0) is 11.4. The van der Waals surface area contributed by atoms with Gasteiger partial charge in [-0.3, -0.25) is 9.69 Å². The number of likely N-dealkylation sites (tertiary alicyclic amines) is 1. The second kappa shape index (κ2) is 5.78. The van der Waals surface area contributed by atoms with Crippen LogP contribution in [0.1, 0.15) is 38.5 Å². The first kappa shape index (κ1) is 12.1. The standard InChI is InChI=1S/C13H23NO2/c1-16-10-4-9-14-8-3-6-12(14)11-5-2-7-13(11)15/h11-12H,2-10H2,1H3. The number of hydrogen-bond acceptors (Lipinski definition) is 3. The highest BCUT2D eigenvalue weighted by atomic mass is 16.5. The lowest BCUT2D eigenvalue weighted by Crippen LogP contribution is -2.38. The van der Waals surface area contributed by atoms with Gasteiger partial charge in [0, 0.05) is 38.6 Å². The van der Waals surface area contributed by atoms with Crippen molar-refractivity contribution in [2.75, 3.05) is 26.8 Å². The van der Waals surface area contributed by atoms with Crippen LogP contribution in [0.25, 0.3) is 0 Å². The average Bonchev–Trinajstić information content (AvgIpc) is 2.87. The molecule has 2 atom stereocenters. The van der Waals surface area contributed by atoms with Gasteiger partial charge in [0.2, 0.25) is 0 Å². The van der Waals surface area contributed by atoms with Crippen molar-refractivity contribution in [3.63, 3.8) is 0 Å². The zero-order valence-electron chi connectivity index (χ0n) is 10.3. The summed E-state index contributed by atoms with van der Waals surface area (Å²) in [4.78, 5) is 14.3. The quantitative estimate of drug-likeness (QED) is 0.669. The number of hydrogen-bond donors (Lipinski definition) is 0. The van der Waals surface area contributed by atoms with Gasteiger partial charge in [-0.2, -0.15) is 0 Å². The molecule has 1 heterocycles. The Balaban J connectivity index is 1.85. The summed E-state index contributed by atoms with van der Waals surface area (Å²) in [5.74, 6) is 0.869. The Morgan fingerprint density at radius 2 is 2.25 bits per heavy atom. The van der Waals surface area contributed by atoms with Crippen molar-refractivity contribution < 1.29 is 9.53 Å². The van der Waals surface area contributed by atoms with Crippen molar-refractivity contribution in [3.8, 4) is 0 Å². The van der Waals surface area contributed by atoms with Gasteiger partial charge >= 0.3 is 0 Å². The third kappa shape index (κ3) is 2.64. The number of carbonyl (C=O) groups is 1. The minimum Gasteiger partial charge on any atom is -0.385 e. The van der Waals surface area contributed by atoms with Crippen molar-refractivity contribution in [2.24, 2.45) is 5.92 Å². The Morgan fingerprint density at radius 3 is 2.94 bits per heavy atom. The molecule has 2 aliphatic rings. The molecular weight excluding hydrogens is 202 g/mol. The largest absolute Gasteiger partial charge is 0.385 e. The summed E-state index contributed by atoms with van der Waals surface area (Å²) in [7, 11) is 1.75. The third-order valence-electron chi connectivity index (χ3n) is 4.02. The number of nitrogens with zero attached hydrogens (tertiary/aromatic N) is 1. The highest BCUT2D eigenvalue weighted by molar-refractivity contribution is 5.83. The summed E-state index contributed by atoms with van der Waals surface area (Å²) >= 11 is 0. The summed E-state index contributed by atoms with van der Waals surface area (Å²) in [6, 6.07) is 0.548. The van der Waals surface area contributed by atoms with Crippen LogP contribution in [0.15, 0.2) is 0 Å². The van der Waals surface area contributed by atoms with Crippen molar-refractivity contribution in [2.45, 2.75) is 44.6 Å². The highest BCUT2D eigenvalue weighted by Crippen LogP contribution is 2.33. The van der Waals surface area contributed by atoms with Crippen LogP contribution >= 0.6 is 0 Å². The number of carbonyl (C=O) groups excluding carboxylic acids is 1. The second-order valence-electron chi connectivity index (χ2n) is 5.06. The van der Waals surface area contributed by atoms with E-state index >= 15 is 0 Å². The van der Waals surface area contributed by atoms with Crippen LogP contribution in [0.4, 0.5) is 0 Å². The van der Waals surface area contributed by atoms with Gasteiger partial charge in [-0.05, 0) is 38.6 Å². The van der Waals surface area contributed by atoms with Gasteiger partial charge in [0.05, 0.1) is 0 Å². The molecule has 0 N–H and O–H groups in total. The predicted molar refractivity (Wildman–Crippen MR) is 63.4 cm³/mol. The fraction of sp³-hybridized carbons (Fsp3) is 0.923. The van der Waals surface area contributed by atoms with Gasteiger partial charge in [0.25, 0.3) is 0 Å². The second-order valence-corrected chi connectivity index (χ2v) is 5.06. The van der Waals surface area contributed by atoms with E-state index in [1.54, 1.807) is 7.11 Å². The monoisotopic (exact) mass is 225 g/mol. The van der Waals surface area contributed by atoms with E-state index in [4.69, 9.17) is 4.74 Å². The molecule has 3 heteroatoms. The predicted octanol–water partition coefficient (Wildman–Crippen LogP) is 1.86. The van der Waals surface area contributed by atoms with Crippen LogP contribution in [-0.4, -0.2) is 43.5 Å². The van der Waals surface area contributed by atoms with Gasteiger partial charge < -0.3 is 4.74 Å². The van der Waals surface area contributed by atoms with E-state index in [-0.39, 0.29) is 0 Å². The van der Waals surface area contributed by atoms with E-state index in [2.05, 4.69) is 4.90 Å². The van der Waals surface area contributed by atoms with Crippen LogP contribution < -0.4 is 0 Å². The van der Waals surface area contributed by atoms with E-state index < -0.39 is 0 Å². The van der Waals surface area contributed by atoms with Crippen molar-refractivity contribution in [1.29, 1.82) is 0 Å². The molecule has 0 aromatic rings. The molecule has 0 spiro atoms. The fourth-order valence-electron chi connectivity index (χ4n) is 3.25. The van der Waals surface area contributed by atoms with E-state index in [1.165, 1.54) is 19.4 Å². The minimum atomic E-state index is 0.352. The third-order valence-corrected chi connectivity index (χ3v) is 4.02. The van der Waals surface area contributed by atoms with Gasteiger partial charge in [0.15, 0.2) is 0 Å². The summed E-state index contributed by atoms with van der Waals surface area (Å²) < 4.78 is 5.09. The fourth-order valence-corrected chi connectivity index (χ4v) is 3.25. The molecule has 1 saturated carbocycles. The molecule has 2 unspecified atom stereocenters. The summed E-state index contributed by atoms with van der Waals surface area (Å²) in [5, 5.41) is 0. The number of ketones is 1. The van der Waals surface area contributed by atoms with Crippen molar-refractivity contribution in [1.82, 2.24) is 4.90 Å². The molecule has 2 rings (SSSR count). The molecule has 0 radical (unpaired) electrons. The lowest BCUT2D eigenvalue weighted by Gasteiger charge is -2.28. The minimum absolute atomic E-state index is 0.352. The molecule has 0 aromatic carbocycles. The molecule has 2 fully saturated rings. The maximum absolute atomic E-state index is 11.8. The van der Waals surface area contributed by atoms with Crippen molar-refractivity contribution >= 4 is 5.78 Å². The Morgan fingerprint density at radius 1 is 1.38 bits per heavy atom. The lowest BCUT2D eigenvalue weighted by atomic mass is 9.95. The first-order valence-corrected chi connectivity index (χ1v) is 6.58. The van der Waals surface area contributed by atoms with E-state index in [0.717, 1.165) is 38.8 Å². The van der Waals surface area contributed by atoms with Crippen LogP contribution in [-0.2, 0) is 9.53 Å². The molecule has 1 saturated heterocycles. The number of Topliss-reactive ketones (excluding diaryl/α,β-unsaturated/α-hetero) is 1. The average molecular weight is 225 g/mol. The van der Waals surface area contributed by atoms with E-state index in [9.17, 15) is 4.79 Å². The molecular formula is C13H23NO2. The van der Waals surface area contributed by atoms with Gasteiger partial charge in [-0.1, -0.05) is 0 Å². The Bertz CT molecular complexity index is 242. The van der Waals surface area contributed by atoms with Gasteiger partial charge in [-0.15, -0.1) is 0 Å². The van der Waals surface area contributed by atoms with E-state index in [0.29, 0.717) is 17.7 Å². The molecule has 92 valence electrons. The molecule has 0 aromatic heterocycles. The van der Waals surface area contributed by atoms with Gasteiger partial charge in [-0.25, -0.2) is 0 Å². The maximum atomic E-state index is 11.8. The topological polar surface area (TPSA) is 29.5 Å². The smallest absolute Gasteiger partial charge is 0.137 e. The Hall–Kier alpha value is -0.410. The molecule has 16 heavy (non-hydrogen) atoms. The summed E-state index contributed by atoms with van der Waals surface area (Å²) in [5.41, 5.74) is 0. The molecule has 1 aliphatic carbocycles. The maximum Gasteiger partial charge on any atom is 0.137 e. The number of rotatable bonds is 5. The SMILES string of the molecule is COCCCN1CCCC1C1CCCC1=O. The number of methoxy groups -OCH3 is 1. The van der Waals surface area contributed by atoms with E-state index in [1.807, 2.05) is 0 Å². The highest BCUT2D eigenvalue weighted by Gasteiger charge is 2.37. The summed E-state index contributed by atoms with van der Waals surface area (Å²) in [6.07, 6.45) is 6.65. The molecule has 1 aliphatic heterocycles. The van der Waals surface area contributed by atoms with Gasteiger partial charge in [0.1, 0.15) is 5.78 Å². The van der Waals surface area contributed by atoms with Crippen LogP contribution in [0.2, 0.25) is 0 Å². The first-order valence-electron chi connectivity index (χ1n) is 6.58. The molecule has 0 amide bonds. The Kier molecular flexibility index (Phi) is 4.36. The van der Waals surface area contributed by atoms with Crippen LogP contribution in [0.3, 0.4) is 0 Å². The number of ether oxygens (including phenoxy) is 1. The zero-order valence-corrected chi connectivity index (χ0v) is 10.3. The lowest BCUT2D eigenvalue weighted by molar-refractivity contribution is -0.122. The van der Waals surface area contributed by atoms with Crippen LogP contribution in [0.5, 0.6) is 0 Å². The molecule has 3 nitrogen and oxygen atoms in total. The first-order chi connectivity index (χ1) is 7.83. The van der Waals surface area contributed by atoms with Crippen LogP contribution in [0, 0.1) is 5.92 Å². The van der Waals surface area contributed by atoms with Crippen molar-refractivity contribution in [3.05, 3.63) is 0 Å². The Labute approximate surface area is 98.1 Å². The molecule has 0 bridgehead atoms. The summed E-state index contributed by atoms with van der Waals surface area (Å²) in [6.45, 7) is 3.11.